The van der Waals surface area contributed by atoms with Crippen molar-refractivity contribution in [2.75, 3.05) is 34.3 Å². The Morgan fingerprint density at radius 1 is 1.20 bits per heavy atom. The summed E-state index contributed by atoms with van der Waals surface area (Å²) in [5, 5.41) is 2.80. The lowest BCUT2D eigenvalue weighted by Crippen LogP contribution is -2.52. The third kappa shape index (κ3) is 6.64. The zero-order valence-corrected chi connectivity index (χ0v) is 16.2. The van der Waals surface area contributed by atoms with Gasteiger partial charge < -0.3 is 19.9 Å². The van der Waals surface area contributed by atoms with Gasteiger partial charge in [-0.2, -0.15) is 0 Å². The zero-order chi connectivity index (χ0) is 19.0. The van der Waals surface area contributed by atoms with Gasteiger partial charge in [-0.1, -0.05) is 32.9 Å². The molecule has 25 heavy (non-hydrogen) atoms. The van der Waals surface area contributed by atoms with Gasteiger partial charge in [-0.15, -0.1) is 0 Å². The van der Waals surface area contributed by atoms with Crippen LogP contribution in [0.15, 0.2) is 24.3 Å². The van der Waals surface area contributed by atoms with E-state index in [2.05, 4.69) is 18.3 Å². The first-order valence-corrected chi connectivity index (χ1v) is 8.70. The number of hydrogen-bond donors (Lipinski definition) is 1. The van der Waals surface area contributed by atoms with Crippen molar-refractivity contribution in [3.63, 3.8) is 0 Å². The van der Waals surface area contributed by atoms with E-state index in [0.29, 0.717) is 13.2 Å². The molecule has 0 aliphatic heterocycles. The summed E-state index contributed by atoms with van der Waals surface area (Å²) in [7, 11) is 5.07. The maximum atomic E-state index is 12.3. The van der Waals surface area contributed by atoms with Gasteiger partial charge in [0.1, 0.15) is 18.4 Å². The lowest BCUT2D eigenvalue weighted by atomic mass is 10.0. The molecule has 3 amide bonds. The average molecular weight is 349 g/mol. The van der Waals surface area contributed by atoms with E-state index in [-0.39, 0.29) is 17.9 Å². The maximum absolute atomic E-state index is 12.3. The highest BCUT2D eigenvalue weighted by molar-refractivity contribution is 5.86. The average Bonchev–Trinajstić information content (AvgIpc) is 2.58. The second-order valence-electron chi connectivity index (χ2n) is 6.67. The van der Waals surface area contributed by atoms with Crippen LogP contribution in [-0.4, -0.2) is 62.1 Å². The molecule has 0 aliphatic carbocycles. The second-order valence-corrected chi connectivity index (χ2v) is 6.67. The third-order valence-electron chi connectivity index (χ3n) is 4.00. The molecule has 6 nitrogen and oxygen atoms in total. The summed E-state index contributed by atoms with van der Waals surface area (Å²) in [4.78, 5) is 27.5. The Morgan fingerprint density at radius 2 is 1.88 bits per heavy atom. The Morgan fingerprint density at radius 3 is 2.44 bits per heavy atom. The molecule has 6 heteroatoms. The molecule has 0 heterocycles. The van der Waals surface area contributed by atoms with Crippen molar-refractivity contribution in [2.24, 2.45) is 5.92 Å². The second kappa shape index (κ2) is 9.91. The smallest absolute Gasteiger partial charge is 0.317 e. The highest BCUT2D eigenvalue weighted by Crippen LogP contribution is 2.13. The summed E-state index contributed by atoms with van der Waals surface area (Å²) in [5.74, 6) is 0.709. The number of likely N-dealkylation sites (N-methyl/N-ethyl adjacent to an activating group) is 2. The van der Waals surface area contributed by atoms with Gasteiger partial charge in [0.25, 0.3) is 0 Å². The largest absolute Gasteiger partial charge is 0.492 e. The summed E-state index contributed by atoms with van der Waals surface area (Å²) >= 11 is 0. The van der Waals surface area contributed by atoms with Gasteiger partial charge in [0.05, 0.1) is 6.54 Å². The van der Waals surface area contributed by atoms with Crippen LogP contribution in [0.1, 0.15) is 26.3 Å². The minimum Gasteiger partial charge on any atom is -0.492 e. The van der Waals surface area contributed by atoms with Gasteiger partial charge in [0.15, 0.2) is 0 Å². The molecular weight excluding hydrogens is 318 g/mol. The van der Waals surface area contributed by atoms with E-state index in [0.717, 1.165) is 12.2 Å². The first-order chi connectivity index (χ1) is 11.8. The molecule has 0 fully saturated rings. The van der Waals surface area contributed by atoms with Crippen molar-refractivity contribution in [3.05, 3.63) is 29.8 Å². The van der Waals surface area contributed by atoms with E-state index in [4.69, 9.17) is 4.74 Å². The quantitative estimate of drug-likeness (QED) is 0.784. The van der Waals surface area contributed by atoms with E-state index in [1.165, 1.54) is 15.4 Å². The third-order valence-corrected chi connectivity index (χ3v) is 4.00. The number of amides is 3. The van der Waals surface area contributed by atoms with Crippen molar-refractivity contribution in [3.8, 4) is 5.75 Å². The van der Waals surface area contributed by atoms with Gasteiger partial charge in [-0.3, -0.25) is 4.79 Å². The molecule has 0 spiro atoms. The minimum atomic E-state index is -0.535. The Labute approximate surface area is 151 Å². The summed E-state index contributed by atoms with van der Waals surface area (Å²) in [6, 6.07) is 7.12. The predicted molar refractivity (Wildman–Crippen MR) is 99.8 cm³/mol. The van der Waals surface area contributed by atoms with E-state index >= 15 is 0 Å². The molecule has 1 rings (SSSR count). The Bertz CT molecular complexity index is 573. The fourth-order valence-corrected chi connectivity index (χ4v) is 2.29. The van der Waals surface area contributed by atoms with Crippen LogP contribution in [0.5, 0.6) is 5.75 Å². The number of benzene rings is 1. The van der Waals surface area contributed by atoms with Crippen LogP contribution in [0.4, 0.5) is 4.79 Å². The van der Waals surface area contributed by atoms with Crippen LogP contribution in [0.3, 0.4) is 0 Å². The molecule has 0 unspecified atom stereocenters. The molecule has 0 saturated carbocycles. The van der Waals surface area contributed by atoms with Gasteiger partial charge >= 0.3 is 6.03 Å². The monoisotopic (exact) mass is 349 g/mol. The number of aryl methyl sites for hydroxylation is 1. The van der Waals surface area contributed by atoms with E-state index in [1.54, 1.807) is 21.1 Å². The highest BCUT2D eigenvalue weighted by atomic mass is 16.5. The number of nitrogens with zero attached hydrogens (tertiary/aromatic N) is 2. The predicted octanol–water partition coefficient (Wildman–Crippen LogP) is 2.38. The Balaban J connectivity index is 2.51. The van der Waals surface area contributed by atoms with E-state index < -0.39 is 6.04 Å². The van der Waals surface area contributed by atoms with E-state index in [9.17, 15) is 9.59 Å². The topological polar surface area (TPSA) is 61.9 Å². The molecule has 1 aromatic carbocycles. The van der Waals surface area contributed by atoms with Gasteiger partial charge in [-0.05, 0) is 30.0 Å². The molecule has 0 saturated heterocycles. The molecule has 0 bridgehead atoms. The van der Waals surface area contributed by atoms with Crippen molar-refractivity contribution in [1.82, 2.24) is 15.1 Å². The molecule has 1 aromatic rings. The fourth-order valence-electron chi connectivity index (χ4n) is 2.29. The number of rotatable bonds is 8. The molecule has 0 aliphatic rings. The number of carbonyl (C=O) groups excluding carboxylic acids is 2. The van der Waals surface area contributed by atoms with Gasteiger partial charge in [0, 0.05) is 21.1 Å². The summed E-state index contributed by atoms with van der Waals surface area (Å²) in [5.41, 5.74) is 1.21. The molecule has 1 atom stereocenters. The zero-order valence-electron chi connectivity index (χ0n) is 16.2. The molecule has 0 radical (unpaired) electrons. The normalized spacial score (nSPS) is 11.8. The first kappa shape index (κ1) is 20.8. The molecule has 1 N–H and O–H groups in total. The number of urea groups is 1. The minimum absolute atomic E-state index is 0.0142. The van der Waals surface area contributed by atoms with Gasteiger partial charge in [-0.25, -0.2) is 4.79 Å². The lowest BCUT2D eigenvalue weighted by molar-refractivity contribution is -0.131. The number of carbonyl (C=O) groups is 2. The number of ether oxygens (including phenoxy) is 1. The van der Waals surface area contributed by atoms with Crippen molar-refractivity contribution < 1.29 is 14.3 Å². The van der Waals surface area contributed by atoms with Crippen molar-refractivity contribution in [1.29, 1.82) is 0 Å². The van der Waals surface area contributed by atoms with Gasteiger partial charge in [0.2, 0.25) is 5.91 Å². The van der Waals surface area contributed by atoms with E-state index in [1.807, 2.05) is 32.0 Å². The van der Waals surface area contributed by atoms with Crippen LogP contribution in [-0.2, 0) is 11.2 Å². The fraction of sp³-hybridized carbons (Fsp3) is 0.579. The lowest BCUT2D eigenvalue weighted by Gasteiger charge is -2.27. The van der Waals surface area contributed by atoms with Crippen molar-refractivity contribution in [2.45, 2.75) is 33.2 Å². The number of hydrogen-bond acceptors (Lipinski definition) is 3. The standard InChI is InChI=1S/C19H31N3O3/c1-7-15-9-8-10-16(13-15)25-12-11-22(6)19(24)20-17(14(2)3)18(23)21(4)5/h8-10,13-14,17H,7,11-12H2,1-6H3,(H,20,24)/t17-/m0/s1. The number of nitrogens with one attached hydrogen (secondary N) is 1. The van der Waals surface area contributed by atoms with Crippen LogP contribution in [0.2, 0.25) is 0 Å². The first-order valence-electron chi connectivity index (χ1n) is 8.70. The highest BCUT2D eigenvalue weighted by Gasteiger charge is 2.26. The summed E-state index contributed by atoms with van der Waals surface area (Å²) in [6.45, 7) is 6.75. The molecule has 0 aromatic heterocycles. The van der Waals surface area contributed by atoms with Crippen LogP contribution in [0.25, 0.3) is 0 Å². The Hall–Kier alpha value is -2.24. The Kier molecular flexibility index (Phi) is 8.25. The van der Waals surface area contributed by atoms with Crippen LogP contribution < -0.4 is 10.1 Å². The SMILES string of the molecule is CCc1cccc(OCCN(C)C(=O)N[C@H](C(=O)N(C)C)C(C)C)c1. The van der Waals surface area contributed by atoms with Crippen molar-refractivity contribution >= 4 is 11.9 Å². The molecular formula is C19H31N3O3. The van der Waals surface area contributed by atoms with Crippen LogP contribution >= 0.6 is 0 Å². The summed E-state index contributed by atoms with van der Waals surface area (Å²) in [6.07, 6.45) is 0.954. The maximum Gasteiger partial charge on any atom is 0.317 e. The van der Waals surface area contributed by atoms with Crippen LogP contribution in [0, 0.1) is 5.92 Å². The summed E-state index contributed by atoms with van der Waals surface area (Å²) < 4.78 is 5.71. The molecule has 140 valence electrons.